The Bertz CT molecular complexity index is 972. The first-order valence-corrected chi connectivity index (χ1v) is 8.96. The molecule has 26 heavy (non-hydrogen) atoms. The van der Waals surface area contributed by atoms with Crippen LogP contribution in [0.5, 0.6) is 0 Å². The molecule has 0 fully saturated rings. The molecule has 134 valence electrons. The van der Waals surface area contributed by atoms with Gasteiger partial charge in [-0.05, 0) is 42.5 Å². The van der Waals surface area contributed by atoms with E-state index in [0.717, 1.165) is 4.70 Å². The maximum absolute atomic E-state index is 13.8. The zero-order valence-corrected chi connectivity index (χ0v) is 15.5. The summed E-state index contributed by atoms with van der Waals surface area (Å²) < 4.78 is 14.5. The lowest BCUT2D eigenvalue weighted by Gasteiger charge is -2.17. The molecule has 0 spiro atoms. The number of benzene rings is 2. The second-order valence-electron chi connectivity index (χ2n) is 7.00. The number of carbonyl (C=O) groups excluding carboxylic acids is 2. The summed E-state index contributed by atoms with van der Waals surface area (Å²) in [5.41, 5.74) is 0.775. The van der Waals surface area contributed by atoms with Crippen molar-refractivity contribution >= 4 is 44.6 Å². The topological polar surface area (TPSA) is 58.2 Å². The van der Waals surface area contributed by atoms with Crippen molar-refractivity contribution in [1.82, 2.24) is 0 Å². The second kappa shape index (κ2) is 6.88. The van der Waals surface area contributed by atoms with Crippen molar-refractivity contribution in [3.05, 3.63) is 59.2 Å². The first-order chi connectivity index (χ1) is 12.2. The molecule has 2 N–H and O–H groups in total. The van der Waals surface area contributed by atoms with Crippen molar-refractivity contribution in [3.8, 4) is 0 Å². The van der Waals surface area contributed by atoms with E-state index in [9.17, 15) is 14.0 Å². The Hall–Kier alpha value is -2.73. The highest BCUT2D eigenvalue weighted by Gasteiger charge is 2.21. The number of hydrogen-bond acceptors (Lipinski definition) is 3. The standard InChI is InChI=1S/C20H19FN2O2S/c1-20(2,3)19(25)23-13-9-7-12(8-10-13)22-18(24)17-11-14-15(21)5-4-6-16(14)26-17/h4-11H,1-3H3,(H,22,24)(H,23,25). The molecule has 1 aromatic heterocycles. The quantitative estimate of drug-likeness (QED) is 0.659. The molecular formula is C20H19FN2O2S. The molecule has 6 heteroatoms. The average Bonchev–Trinajstić information content (AvgIpc) is 3.01. The summed E-state index contributed by atoms with van der Waals surface area (Å²) >= 11 is 1.24. The van der Waals surface area contributed by atoms with Crippen LogP contribution >= 0.6 is 11.3 Å². The van der Waals surface area contributed by atoms with E-state index in [0.29, 0.717) is 21.6 Å². The van der Waals surface area contributed by atoms with Crippen molar-refractivity contribution in [2.45, 2.75) is 20.8 Å². The Kier molecular flexibility index (Phi) is 4.78. The molecule has 2 amide bonds. The molecule has 0 unspecified atom stereocenters. The first-order valence-electron chi connectivity index (χ1n) is 8.15. The van der Waals surface area contributed by atoms with Crippen LogP contribution in [0.1, 0.15) is 30.4 Å². The highest BCUT2D eigenvalue weighted by Crippen LogP contribution is 2.28. The average molecular weight is 370 g/mol. The van der Waals surface area contributed by atoms with Gasteiger partial charge in [0.05, 0.1) is 4.88 Å². The fourth-order valence-electron chi connectivity index (χ4n) is 2.29. The van der Waals surface area contributed by atoms with Gasteiger partial charge < -0.3 is 10.6 Å². The van der Waals surface area contributed by atoms with E-state index >= 15 is 0 Å². The van der Waals surface area contributed by atoms with Crippen LogP contribution in [-0.4, -0.2) is 11.8 Å². The van der Waals surface area contributed by atoms with E-state index in [2.05, 4.69) is 10.6 Å². The number of hydrogen-bond donors (Lipinski definition) is 2. The summed E-state index contributed by atoms with van der Waals surface area (Å²) in [5.74, 6) is -0.713. The van der Waals surface area contributed by atoms with Crippen LogP contribution < -0.4 is 10.6 Å². The number of amides is 2. The Labute approximate surface area is 155 Å². The molecule has 4 nitrogen and oxygen atoms in total. The summed E-state index contributed by atoms with van der Waals surface area (Å²) in [6.45, 7) is 5.51. The van der Waals surface area contributed by atoms with E-state index in [1.165, 1.54) is 17.4 Å². The van der Waals surface area contributed by atoms with Crippen LogP contribution in [0.15, 0.2) is 48.5 Å². The van der Waals surface area contributed by atoms with Gasteiger partial charge in [-0.15, -0.1) is 11.3 Å². The highest BCUT2D eigenvalue weighted by molar-refractivity contribution is 7.20. The van der Waals surface area contributed by atoms with Crippen molar-refractivity contribution < 1.29 is 14.0 Å². The lowest BCUT2D eigenvalue weighted by atomic mass is 9.95. The number of carbonyl (C=O) groups is 2. The molecule has 3 aromatic rings. The van der Waals surface area contributed by atoms with Gasteiger partial charge in [-0.3, -0.25) is 9.59 Å². The maximum Gasteiger partial charge on any atom is 0.265 e. The maximum atomic E-state index is 13.8. The largest absolute Gasteiger partial charge is 0.326 e. The van der Waals surface area contributed by atoms with Gasteiger partial charge >= 0.3 is 0 Å². The van der Waals surface area contributed by atoms with Gasteiger partial charge in [-0.1, -0.05) is 26.8 Å². The fraction of sp³-hybridized carbons (Fsp3) is 0.200. The lowest BCUT2D eigenvalue weighted by molar-refractivity contribution is -0.123. The summed E-state index contributed by atoms with van der Waals surface area (Å²) in [4.78, 5) is 24.8. The van der Waals surface area contributed by atoms with Gasteiger partial charge in [-0.25, -0.2) is 4.39 Å². The number of halogens is 1. The van der Waals surface area contributed by atoms with E-state index in [-0.39, 0.29) is 17.6 Å². The normalized spacial score (nSPS) is 11.4. The molecule has 0 atom stereocenters. The van der Waals surface area contributed by atoms with Gasteiger partial charge in [0.25, 0.3) is 5.91 Å². The molecule has 0 aliphatic rings. The fourth-order valence-corrected chi connectivity index (χ4v) is 3.26. The summed E-state index contributed by atoms with van der Waals surface area (Å²) in [6, 6.07) is 13.2. The first kappa shape index (κ1) is 18.1. The summed E-state index contributed by atoms with van der Waals surface area (Å²) in [7, 11) is 0. The van der Waals surface area contributed by atoms with Crippen LogP contribution in [-0.2, 0) is 4.79 Å². The molecule has 0 saturated carbocycles. The van der Waals surface area contributed by atoms with Gasteiger partial charge in [0.15, 0.2) is 0 Å². The predicted molar refractivity (Wildman–Crippen MR) is 104 cm³/mol. The zero-order valence-electron chi connectivity index (χ0n) is 14.7. The van der Waals surface area contributed by atoms with Crippen molar-refractivity contribution in [2.75, 3.05) is 10.6 Å². The molecule has 0 aliphatic heterocycles. The Morgan fingerprint density at radius 1 is 0.962 bits per heavy atom. The molecule has 0 bridgehead atoms. The van der Waals surface area contributed by atoms with Crippen LogP contribution in [0.4, 0.5) is 15.8 Å². The Balaban J connectivity index is 1.71. The number of thiophene rings is 1. The molecule has 1 heterocycles. The zero-order chi connectivity index (χ0) is 18.9. The second-order valence-corrected chi connectivity index (χ2v) is 8.08. The Morgan fingerprint density at radius 2 is 1.58 bits per heavy atom. The molecular weight excluding hydrogens is 351 g/mol. The number of fused-ring (bicyclic) bond motifs is 1. The predicted octanol–water partition coefficient (Wildman–Crippen LogP) is 5.28. The monoisotopic (exact) mass is 370 g/mol. The summed E-state index contributed by atoms with van der Waals surface area (Å²) in [6.07, 6.45) is 0. The van der Waals surface area contributed by atoms with E-state index < -0.39 is 5.41 Å². The van der Waals surface area contributed by atoms with Gasteiger partial charge in [0, 0.05) is 26.9 Å². The third-order valence-electron chi connectivity index (χ3n) is 3.81. The van der Waals surface area contributed by atoms with Crippen LogP contribution in [0.3, 0.4) is 0 Å². The third-order valence-corrected chi connectivity index (χ3v) is 4.91. The molecule has 2 aromatic carbocycles. The van der Waals surface area contributed by atoms with Crippen molar-refractivity contribution in [3.63, 3.8) is 0 Å². The highest BCUT2D eigenvalue weighted by atomic mass is 32.1. The van der Waals surface area contributed by atoms with Gasteiger partial charge in [-0.2, -0.15) is 0 Å². The smallest absolute Gasteiger partial charge is 0.265 e. The SMILES string of the molecule is CC(C)(C)C(=O)Nc1ccc(NC(=O)c2cc3c(F)cccc3s2)cc1. The molecule has 0 aliphatic carbocycles. The van der Waals surface area contributed by atoms with Crippen LogP contribution in [0.25, 0.3) is 10.1 Å². The Morgan fingerprint density at radius 3 is 2.15 bits per heavy atom. The van der Waals surface area contributed by atoms with Crippen molar-refractivity contribution in [1.29, 1.82) is 0 Å². The molecule has 0 radical (unpaired) electrons. The molecule has 3 rings (SSSR count). The van der Waals surface area contributed by atoms with Crippen LogP contribution in [0, 0.1) is 11.2 Å². The minimum atomic E-state index is -0.483. The van der Waals surface area contributed by atoms with Gasteiger partial charge in [0.2, 0.25) is 5.91 Å². The number of nitrogens with one attached hydrogen (secondary N) is 2. The van der Waals surface area contributed by atoms with E-state index in [1.54, 1.807) is 42.5 Å². The summed E-state index contributed by atoms with van der Waals surface area (Å²) in [5, 5.41) is 6.06. The van der Waals surface area contributed by atoms with Crippen molar-refractivity contribution in [2.24, 2.45) is 5.41 Å². The van der Waals surface area contributed by atoms with Gasteiger partial charge in [0.1, 0.15) is 5.82 Å². The lowest BCUT2D eigenvalue weighted by Crippen LogP contribution is -2.27. The van der Waals surface area contributed by atoms with E-state index in [1.807, 2.05) is 20.8 Å². The third kappa shape index (κ3) is 3.91. The molecule has 0 saturated heterocycles. The minimum absolute atomic E-state index is 0.0819. The number of anilines is 2. The van der Waals surface area contributed by atoms with Crippen LogP contribution in [0.2, 0.25) is 0 Å². The number of rotatable bonds is 3. The van der Waals surface area contributed by atoms with E-state index in [4.69, 9.17) is 0 Å². The minimum Gasteiger partial charge on any atom is -0.326 e.